The van der Waals surface area contributed by atoms with Crippen LogP contribution in [0.3, 0.4) is 0 Å². The predicted molar refractivity (Wildman–Crippen MR) is 105 cm³/mol. The topological polar surface area (TPSA) is 105 Å². The Morgan fingerprint density at radius 2 is 2.11 bits per heavy atom. The summed E-state index contributed by atoms with van der Waals surface area (Å²) in [6.45, 7) is 4.54. The molecular weight excluding hydrogens is 388 g/mol. The van der Waals surface area contributed by atoms with Crippen LogP contribution in [-0.4, -0.2) is 47.0 Å². The Hall–Kier alpha value is -2.07. The molecule has 10 heteroatoms. The standard InChI is InChI=1S/C17H22N4O4S2/c1-3-8-20-16(23)18-19-17(20)26-11-15(22)13-5-6-14-12(10-13)7-9-21(14)27(24,25)4-2/h5-6,10H,3-4,7-9,11H2,1-2H3,(H,18,23). The van der Waals surface area contributed by atoms with Crippen LogP contribution in [0.15, 0.2) is 28.2 Å². The van der Waals surface area contributed by atoms with E-state index in [-0.39, 0.29) is 23.0 Å². The van der Waals surface area contributed by atoms with Crippen molar-refractivity contribution in [3.05, 3.63) is 39.8 Å². The number of benzene rings is 1. The molecule has 0 atom stereocenters. The first kappa shape index (κ1) is 19.7. The fraction of sp³-hybridized carbons (Fsp3) is 0.471. The first-order valence-corrected chi connectivity index (χ1v) is 11.4. The van der Waals surface area contributed by atoms with Crippen molar-refractivity contribution in [3.8, 4) is 0 Å². The van der Waals surface area contributed by atoms with Crippen LogP contribution in [0.25, 0.3) is 0 Å². The molecule has 1 aromatic heterocycles. The number of nitrogens with one attached hydrogen (secondary N) is 1. The van der Waals surface area contributed by atoms with Gasteiger partial charge in [0.25, 0.3) is 0 Å². The summed E-state index contributed by atoms with van der Waals surface area (Å²) in [5.74, 6) is 0.120. The number of nitrogens with zero attached hydrogens (tertiary/aromatic N) is 3. The summed E-state index contributed by atoms with van der Waals surface area (Å²) in [4.78, 5) is 24.3. The van der Waals surface area contributed by atoms with Crippen molar-refractivity contribution < 1.29 is 13.2 Å². The number of ketones is 1. The molecule has 0 saturated carbocycles. The Morgan fingerprint density at radius 1 is 1.33 bits per heavy atom. The van der Waals surface area contributed by atoms with E-state index in [9.17, 15) is 18.0 Å². The molecule has 1 aliphatic heterocycles. The number of anilines is 1. The summed E-state index contributed by atoms with van der Waals surface area (Å²) in [6.07, 6.45) is 1.39. The van der Waals surface area contributed by atoms with Gasteiger partial charge in [0.2, 0.25) is 10.0 Å². The maximum absolute atomic E-state index is 12.6. The van der Waals surface area contributed by atoms with Crippen molar-refractivity contribution >= 4 is 33.3 Å². The summed E-state index contributed by atoms with van der Waals surface area (Å²) in [7, 11) is -3.30. The van der Waals surface area contributed by atoms with E-state index in [1.165, 1.54) is 20.6 Å². The molecular formula is C17H22N4O4S2. The highest BCUT2D eigenvalue weighted by Gasteiger charge is 2.28. The molecule has 27 heavy (non-hydrogen) atoms. The number of rotatable bonds is 8. The number of aromatic nitrogens is 3. The van der Waals surface area contributed by atoms with Gasteiger partial charge >= 0.3 is 5.69 Å². The lowest BCUT2D eigenvalue weighted by atomic mass is 10.1. The number of carbonyl (C=O) groups is 1. The molecule has 2 heterocycles. The van der Waals surface area contributed by atoms with Gasteiger partial charge in [-0.2, -0.15) is 0 Å². The van der Waals surface area contributed by atoms with Crippen molar-refractivity contribution in [2.75, 3.05) is 22.4 Å². The molecule has 2 aromatic rings. The Morgan fingerprint density at radius 3 is 2.81 bits per heavy atom. The number of Topliss-reactive ketones (excluding diaryl/α,β-unsaturated/α-hetero) is 1. The quantitative estimate of drug-likeness (QED) is 0.524. The smallest absolute Gasteiger partial charge is 0.293 e. The second-order valence-corrected chi connectivity index (χ2v) is 9.37. The third-order valence-corrected chi connectivity index (χ3v) is 7.21. The Balaban J connectivity index is 1.73. The highest BCUT2D eigenvalue weighted by molar-refractivity contribution is 7.99. The van der Waals surface area contributed by atoms with E-state index in [1.54, 1.807) is 25.1 Å². The predicted octanol–water partition coefficient (Wildman–Crippen LogP) is 1.67. The van der Waals surface area contributed by atoms with Crippen molar-refractivity contribution in [1.82, 2.24) is 14.8 Å². The lowest BCUT2D eigenvalue weighted by Gasteiger charge is -2.18. The van der Waals surface area contributed by atoms with Crippen LogP contribution in [0.5, 0.6) is 0 Å². The number of carbonyl (C=O) groups excluding carboxylic acids is 1. The van der Waals surface area contributed by atoms with Gasteiger partial charge in [-0.1, -0.05) is 18.7 Å². The Kier molecular flexibility index (Phi) is 5.75. The van der Waals surface area contributed by atoms with Gasteiger partial charge in [0, 0.05) is 18.7 Å². The summed E-state index contributed by atoms with van der Waals surface area (Å²) in [5, 5.41) is 6.87. The van der Waals surface area contributed by atoms with Gasteiger partial charge < -0.3 is 0 Å². The van der Waals surface area contributed by atoms with E-state index in [1.807, 2.05) is 6.92 Å². The first-order valence-electron chi connectivity index (χ1n) is 8.82. The second kappa shape index (κ2) is 7.89. The van der Waals surface area contributed by atoms with E-state index in [0.29, 0.717) is 35.9 Å². The molecule has 0 amide bonds. The third kappa shape index (κ3) is 3.96. The molecule has 0 fully saturated rings. The monoisotopic (exact) mass is 410 g/mol. The van der Waals surface area contributed by atoms with Gasteiger partial charge in [0.15, 0.2) is 10.9 Å². The van der Waals surface area contributed by atoms with Gasteiger partial charge in [0.05, 0.1) is 17.2 Å². The lowest BCUT2D eigenvalue weighted by molar-refractivity contribution is 0.102. The van der Waals surface area contributed by atoms with Crippen molar-refractivity contribution in [2.45, 2.75) is 38.4 Å². The van der Waals surface area contributed by atoms with Gasteiger partial charge in [-0.05, 0) is 43.5 Å². The highest BCUT2D eigenvalue weighted by Crippen LogP contribution is 2.31. The van der Waals surface area contributed by atoms with Crippen LogP contribution in [0.4, 0.5) is 5.69 Å². The fourth-order valence-corrected chi connectivity index (χ4v) is 5.06. The van der Waals surface area contributed by atoms with Crippen molar-refractivity contribution in [1.29, 1.82) is 0 Å². The number of H-pyrrole nitrogens is 1. The minimum absolute atomic E-state index is 0.0485. The van der Waals surface area contributed by atoms with Gasteiger partial charge in [-0.25, -0.2) is 18.3 Å². The average Bonchev–Trinajstić information content (AvgIpc) is 3.24. The highest BCUT2D eigenvalue weighted by atomic mass is 32.2. The molecule has 0 radical (unpaired) electrons. The molecule has 0 saturated heterocycles. The molecule has 146 valence electrons. The van der Waals surface area contributed by atoms with E-state index >= 15 is 0 Å². The van der Waals surface area contributed by atoms with Crippen molar-refractivity contribution in [3.63, 3.8) is 0 Å². The largest absolute Gasteiger partial charge is 0.343 e. The van der Waals surface area contributed by atoms with Gasteiger partial charge in [-0.3, -0.25) is 13.7 Å². The molecule has 1 aromatic carbocycles. The molecule has 1 N–H and O–H groups in total. The summed E-state index contributed by atoms with van der Waals surface area (Å²) in [5.41, 5.74) is 1.79. The third-order valence-electron chi connectivity index (χ3n) is 4.46. The van der Waals surface area contributed by atoms with Gasteiger partial charge in [0.1, 0.15) is 0 Å². The Labute approximate surface area is 162 Å². The zero-order valence-electron chi connectivity index (χ0n) is 15.3. The molecule has 0 spiro atoms. The number of fused-ring (bicyclic) bond motifs is 1. The summed E-state index contributed by atoms with van der Waals surface area (Å²) >= 11 is 1.22. The molecule has 8 nitrogen and oxygen atoms in total. The van der Waals surface area contributed by atoms with Crippen LogP contribution in [0, 0.1) is 0 Å². The van der Waals surface area contributed by atoms with Crippen LogP contribution in [0.2, 0.25) is 0 Å². The fourth-order valence-electron chi connectivity index (χ4n) is 3.04. The van der Waals surface area contributed by atoms with Crippen LogP contribution in [-0.2, 0) is 23.0 Å². The van der Waals surface area contributed by atoms with E-state index < -0.39 is 10.0 Å². The minimum atomic E-state index is -3.30. The summed E-state index contributed by atoms with van der Waals surface area (Å²) in [6, 6.07) is 5.14. The SMILES string of the molecule is CCCn1c(SCC(=O)c2ccc3c(c2)CCN3S(=O)(=O)CC)n[nH]c1=O. The number of sulfonamides is 1. The molecule has 0 aliphatic carbocycles. The van der Waals surface area contributed by atoms with Gasteiger partial charge in [-0.15, -0.1) is 5.10 Å². The average molecular weight is 411 g/mol. The normalized spacial score (nSPS) is 13.8. The molecule has 3 rings (SSSR count). The molecule has 0 bridgehead atoms. The number of aromatic amines is 1. The maximum atomic E-state index is 12.6. The summed E-state index contributed by atoms with van der Waals surface area (Å²) < 4.78 is 27.2. The number of thioether (sulfide) groups is 1. The Bertz CT molecular complexity index is 1010. The van der Waals surface area contributed by atoms with Crippen LogP contribution < -0.4 is 9.99 Å². The van der Waals surface area contributed by atoms with Crippen LogP contribution in [0.1, 0.15) is 36.2 Å². The number of hydrogen-bond donors (Lipinski definition) is 1. The minimum Gasteiger partial charge on any atom is -0.293 e. The van der Waals surface area contributed by atoms with E-state index in [4.69, 9.17) is 0 Å². The van der Waals surface area contributed by atoms with Crippen LogP contribution >= 0.6 is 11.8 Å². The molecule has 1 aliphatic rings. The maximum Gasteiger partial charge on any atom is 0.343 e. The first-order chi connectivity index (χ1) is 12.9. The zero-order valence-corrected chi connectivity index (χ0v) is 16.9. The van der Waals surface area contributed by atoms with E-state index in [2.05, 4.69) is 10.2 Å². The lowest BCUT2D eigenvalue weighted by Crippen LogP contribution is -2.30. The second-order valence-electron chi connectivity index (χ2n) is 6.24. The van der Waals surface area contributed by atoms with Crippen molar-refractivity contribution in [2.24, 2.45) is 0 Å². The molecule has 0 unspecified atom stereocenters. The number of hydrogen-bond acceptors (Lipinski definition) is 6. The van der Waals surface area contributed by atoms with E-state index in [0.717, 1.165) is 12.0 Å². The zero-order chi connectivity index (χ0) is 19.6.